The summed E-state index contributed by atoms with van der Waals surface area (Å²) in [4.78, 5) is 0. The van der Waals surface area contributed by atoms with Gasteiger partial charge in [-0.15, -0.1) is 0 Å². The fraction of sp³-hybridized carbons (Fsp3) is 0.583. The molecule has 0 fully saturated rings. The summed E-state index contributed by atoms with van der Waals surface area (Å²) in [5.74, 6) is 0. The van der Waals surface area contributed by atoms with Gasteiger partial charge in [-0.2, -0.15) is 5.26 Å². The van der Waals surface area contributed by atoms with Gasteiger partial charge in [0.15, 0.2) is 0 Å². The van der Waals surface area contributed by atoms with Crippen LogP contribution < -0.4 is 0 Å². The molecule has 2 nitrogen and oxygen atoms in total. The van der Waals surface area contributed by atoms with Crippen LogP contribution in [0.3, 0.4) is 0 Å². The third-order valence-electron chi connectivity index (χ3n) is 3.24. The van der Waals surface area contributed by atoms with Crippen LogP contribution in [-0.2, 0) is 19.4 Å². The first kappa shape index (κ1) is 9.33. The minimum absolute atomic E-state index is 0.946. The molecule has 2 rings (SSSR count). The fourth-order valence-electron chi connectivity index (χ4n) is 2.56. The highest BCUT2D eigenvalue weighted by molar-refractivity contribution is 5.46. The Morgan fingerprint density at radius 3 is 2.86 bits per heavy atom. The molecule has 0 N–H and O–H groups in total. The third kappa shape index (κ3) is 1.16. The van der Waals surface area contributed by atoms with Crippen LogP contribution in [0.4, 0.5) is 0 Å². The number of rotatable bonds is 1. The van der Waals surface area contributed by atoms with E-state index in [1.165, 1.54) is 29.8 Å². The van der Waals surface area contributed by atoms with E-state index in [0.717, 1.165) is 24.9 Å². The van der Waals surface area contributed by atoms with Crippen LogP contribution in [0.5, 0.6) is 0 Å². The Morgan fingerprint density at radius 2 is 2.21 bits per heavy atom. The van der Waals surface area contributed by atoms with E-state index in [9.17, 15) is 0 Å². The molecular formula is C12H16N2. The van der Waals surface area contributed by atoms with Gasteiger partial charge in [0.2, 0.25) is 0 Å². The second-order valence-electron chi connectivity index (χ2n) is 3.97. The highest BCUT2D eigenvalue weighted by Crippen LogP contribution is 2.27. The quantitative estimate of drug-likeness (QED) is 0.665. The largest absolute Gasteiger partial charge is 0.347 e. The van der Waals surface area contributed by atoms with Crippen molar-refractivity contribution in [3.63, 3.8) is 0 Å². The van der Waals surface area contributed by atoms with Crippen molar-refractivity contribution in [2.45, 2.75) is 46.1 Å². The SMILES string of the molecule is CCc1c(C)c(C#N)c2n1CCCC2. The lowest BCUT2D eigenvalue weighted by Gasteiger charge is -2.17. The summed E-state index contributed by atoms with van der Waals surface area (Å²) in [5, 5.41) is 9.12. The van der Waals surface area contributed by atoms with E-state index < -0.39 is 0 Å². The summed E-state index contributed by atoms with van der Waals surface area (Å²) in [6.45, 7) is 5.37. The lowest BCUT2D eigenvalue weighted by molar-refractivity contribution is 0.518. The smallest absolute Gasteiger partial charge is 0.101 e. The second-order valence-corrected chi connectivity index (χ2v) is 3.97. The minimum Gasteiger partial charge on any atom is -0.347 e. The van der Waals surface area contributed by atoms with Crippen molar-refractivity contribution < 1.29 is 0 Å². The van der Waals surface area contributed by atoms with Crippen LogP contribution in [0, 0.1) is 18.3 Å². The van der Waals surface area contributed by atoms with E-state index in [-0.39, 0.29) is 0 Å². The van der Waals surface area contributed by atoms with Gasteiger partial charge < -0.3 is 4.57 Å². The van der Waals surface area contributed by atoms with Gasteiger partial charge >= 0.3 is 0 Å². The fourth-order valence-corrected chi connectivity index (χ4v) is 2.56. The Balaban J connectivity index is 2.64. The molecule has 2 heterocycles. The number of fused-ring (bicyclic) bond motifs is 1. The lowest BCUT2D eigenvalue weighted by atomic mass is 10.1. The van der Waals surface area contributed by atoms with Crippen LogP contribution in [0.25, 0.3) is 0 Å². The maximum absolute atomic E-state index is 9.12. The molecular weight excluding hydrogens is 172 g/mol. The summed E-state index contributed by atoms with van der Waals surface area (Å²) in [7, 11) is 0. The van der Waals surface area contributed by atoms with Crippen molar-refractivity contribution in [3.05, 3.63) is 22.5 Å². The zero-order valence-electron chi connectivity index (χ0n) is 8.93. The molecule has 1 aliphatic heterocycles. The van der Waals surface area contributed by atoms with Crippen molar-refractivity contribution in [1.29, 1.82) is 5.26 Å². The highest BCUT2D eigenvalue weighted by Gasteiger charge is 2.20. The van der Waals surface area contributed by atoms with Crippen molar-refractivity contribution >= 4 is 0 Å². The number of nitriles is 1. The molecule has 74 valence electrons. The molecule has 0 unspecified atom stereocenters. The summed E-state index contributed by atoms with van der Waals surface area (Å²) in [6.07, 6.45) is 4.63. The van der Waals surface area contributed by atoms with Gasteiger partial charge in [0.25, 0.3) is 0 Å². The van der Waals surface area contributed by atoms with Crippen molar-refractivity contribution in [2.24, 2.45) is 0 Å². The maximum Gasteiger partial charge on any atom is 0.101 e. The average Bonchev–Trinajstić information content (AvgIpc) is 2.49. The van der Waals surface area contributed by atoms with E-state index in [1.807, 2.05) is 0 Å². The molecule has 0 amide bonds. The van der Waals surface area contributed by atoms with E-state index in [1.54, 1.807) is 0 Å². The van der Waals surface area contributed by atoms with Crippen LogP contribution in [-0.4, -0.2) is 4.57 Å². The monoisotopic (exact) mass is 188 g/mol. The zero-order chi connectivity index (χ0) is 10.1. The van der Waals surface area contributed by atoms with E-state index >= 15 is 0 Å². The first-order valence-corrected chi connectivity index (χ1v) is 5.40. The van der Waals surface area contributed by atoms with E-state index in [4.69, 9.17) is 5.26 Å². The van der Waals surface area contributed by atoms with Gasteiger partial charge in [0.05, 0.1) is 5.56 Å². The van der Waals surface area contributed by atoms with E-state index in [0.29, 0.717) is 0 Å². The zero-order valence-corrected chi connectivity index (χ0v) is 8.93. The molecule has 1 aromatic heterocycles. The molecule has 14 heavy (non-hydrogen) atoms. The average molecular weight is 188 g/mol. The number of hydrogen-bond donors (Lipinski definition) is 0. The predicted octanol–water partition coefficient (Wildman–Crippen LogP) is 2.57. The predicted molar refractivity (Wildman–Crippen MR) is 56.2 cm³/mol. The molecule has 1 aliphatic rings. The standard InChI is InChI=1S/C12H16N2/c1-3-11-9(2)10(8-13)12-6-4-5-7-14(11)12/h3-7H2,1-2H3. The third-order valence-corrected chi connectivity index (χ3v) is 3.24. The molecule has 0 spiro atoms. The van der Waals surface area contributed by atoms with Gasteiger partial charge in [-0.1, -0.05) is 6.92 Å². The summed E-state index contributed by atoms with van der Waals surface area (Å²) < 4.78 is 2.37. The lowest BCUT2D eigenvalue weighted by Crippen LogP contribution is -2.12. The Morgan fingerprint density at radius 1 is 1.43 bits per heavy atom. The summed E-state index contributed by atoms with van der Waals surface area (Å²) in [6, 6.07) is 2.36. The van der Waals surface area contributed by atoms with Crippen LogP contribution in [0.1, 0.15) is 42.3 Å². The van der Waals surface area contributed by atoms with Crippen molar-refractivity contribution in [3.8, 4) is 6.07 Å². The van der Waals surface area contributed by atoms with Crippen molar-refractivity contribution in [2.75, 3.05) is 0 Å². The topological polar surface area (TPSA) is 28.7 Å². The molecule has 0 aromatic carbocycles. The molecule has 0 bridgehead atoms. The van der Waals surface area contributed by atoms with Gasteiger partial charge in [-0.05, 0) is 38.2 Å². The van der Waals surface area contributed by atoms with Gasteiger partial charge in [-0.3, -0.25) is 0 Å². The van der Waals surface area contributed by atoms with Crippen LogP contribution in [0.2, 0.25) is 0 Å². The molecule has 0 atom stereocenters. The minimum atomic E-state index is 0.946. The van der Waals surface area contributed by atoms with E-state index in [2.05, 4.69) is 24.5 Å². The molecule has 0 saturated carbocycles. The summed E-state index contributed by atoms with van der Waals surface area (Å²) >= 11 is 0. The Kier molecular flexibility index (Phi) is 2.33. The van der Waals surface area contributed by atoms with Crippen LogP contribution >= 0.6 is 0 Å². The highest BCUT2D eigenvalue weighted by atomic mass is 15.0. The number of hydrogen-bond acceptors (Lipinski definition) is 1. The van der Waals surface area contributed by atoms with Gasteiger partial charge in [0, 0.05) is 17.9 Å². The normalized spacial score (nSPS) is 14.9. The molecule has 0 radical (unpaired) electrons. The summed E-state index contributed by atoms with van der Waals surface area (Å²) in [5.41, 5.74) is 4.82. The molecule has 0 saturated heterocycles. The first-order chi connectivity index (χ1) is 6.79. The Labute approximate surface area is 85.2 Å². The molecule has 0 aliphatic carbocycles. The van der Waals surface area contributed by atoms with Gasteiger partial charge in [0.1, 0.15) is 6.07 Å². The van der Waals surface area contributed by atoms with Gasteiger partial charge in [-0.25, -0.2) is 0 Å². The molecule has 2 heteroatoms. The van der Waals surface area contributed by atoms with Crippen molar-refractivity contribution in [1.82, 2.24) is 4.57 Å². The number of aromatic nitrogens is 1. The van der Waals surface area contributed by atoms with Crippen LogP contribution in [0.15, 0.2) is 0 Å². The Bertz CT molecular complexity index is 393. The Hall–Kier alpha value is -1.23. The maximum atomic E-state index is 9.12. The first-order valence-electron chi connectivity index (χ1n) is 5.40. The second kappa shape index (κ2) is 3.49. The molecule has 1 aromatic rings. The number of nitrogens with zero attached hydrogens (tertiary/aromatic N) is 2.